The highest BCUT2D eigenvalue weighted by atomic mass is 35.5. The lowest BCUT2D eigenvalue weighted by Gasteiger charge is -2.28. The number of anilines is 1. The number of methoxy groups -OCH3 is 1. The van der Waals surface area contributed by atoms with Gasteiger partial charge in [0.1, 0.15) is 16.9 Å². The van der Waals surface area contributed by atoms with E-state index in [0.717, 1.165) is 41.7 Å². The van der Waals surface area contributed by atoms with E-state index in [-0.39, 0.29) is 22.0 Å². The van der Waals surface area contributed by atoms with Crippen molar-refractivity contribution in [3.63, 3.8) is 0 Å². The Bertz CT molecular complexity index is 916. The summed E-state index contributed by atoms with van der Waals surface area (Å²) >= 11 is 7.63. The van der Waals surface area contributed by atoms with Crippen molar-refractivity contribution >= 4 is 35.0 Å². The van der Waals surface area contributed by atoms with E-state index in [2.05, 4.69) is 0 Å². The van der Waals surface area contributed by atoms with Crippen molar-refractivity contribution in [2.75, 3.05) is 12.0 Å². The van der Waals surface area contributed by atoms with Gasteiger partial charge in [0, 0.05) is 16.5 Å². The average molecular weight is 404 g/mol. The van der Waals surface area contributed by atoms with E-state index in [1.165, 1.54) is 19.2 Å². The minimum absolute atomic E-state index is 0.110. The second kappa shape index (κ2) is 7.56. The topological polar surface area (TPSA) is 29.5 Å². The summed E-state index contributed by atoms with van der Waals surface area (Å²) in [5, 5.41) is -0.0639. The highest BCUT2D eigenvalue weighted by molar-refractivity contribution is 8.00. The minimum Gasteiger partial charge on any atom is -0.495 e. The maximum atomic E-state index is 14.8. The fourth-order valence-corrected chi connectivity index (χ4v) is 5.22. The van der Waals surface area contributed by atoms with Crippen LogP contribution in [-0.2, 0) is 4.79 Å². The van der Waals surface area contributed by atoms with Gasteiger partial charge in [0.15, 0.2) is 0 Å². The van der Waals surface area contributed by atoms with Crippen molar-refractivity contribution in [1.29, 1.82) is 0 Å². The van der Waals surface area contributed by atoms with Gasteiger partial charge < -0.3 is 4.74 Å². The molecule has 2 aromatic rings. The van der Waals surface area contributed by atoms with E-state index in [1.807, 2.05) is 30.3 Å². The number of carbonyl (C=O) groups is 1. The third-order valence-electron chi connectivity index (χ3n) is 4.99. The Morgan fingerprint density at radius 3 is 2.67 bits per heavy atom. The summed E-state index contributed by atoms with van der Waals surface area (Å²) in [5.74, 6) is -0.275. The minimum atomic E-state index is -0.521. The third-order valence-corrected chi connectivity index (χ3v) is 6.55. The molecule has 1 heterocycles. The Kier molecular flexibility index (Phi) is 5.15. The first-order chi connectivity index (χ1) is 13.1. The Morgan fingerprint density at radius 1 is 1.19 bits per heavy atom. The third kappa shape index (κ3) is 3.34. The molecule has 0 saturated carbocycles. The van der Waals surface area contributed by atoms with Gasteiger partial charge in [-0.1, -0.05) is 41.6 Å². The molecule has 0 fully saturated rings. The number of rotatable bonds is 4. The zero-order valence-corrected chi connectivity index (χ0v) is 16.4. The van der Waals surface area contributed by atoms with E-state index >= 15 is 0 Å². The summed E-state index contributed by atoms with van der Waals surface area (Å²) in [5.41, 5.74) is 2.17. The summed E-state index contributed by atoms with van der Waals surface area (Å²) in [7, 11) is 1.48. The van der Waals surface area contributed by atoms with Crippen LogP contribution < -0.4 is 9.64 Å². The zero-order chi connectivity index (χ0) is 19.0. The zero-order valence-electron chi connectivity index (χ0n) is 14.9. The SMILES string of the molecule is COc1cc(N2C(=O)C3=C(CCCC3)C2Sc2ccccc2)c(F)cc1Cl. The lowest BCUT2D eigenvalue weighted by atomic mass is 9.94. The van der Waals surface area contributed by atoms with Crippen LogP contribution in [0.4, 0.5) is 10.1 Å². The average Bonchev–Trinajstić information content (AvgIpc) is 2.95. The first kappa shape index (κ1) is 18.4. The van der Waals surface area contributed by atoms with Crippen LogP contribution in [0.3, 0.4) is 0 Å². The number of thioether (sulfide) groups is 1. The number of hydrogen-bond donors (Lipinski definition) is 0. The fourth-order valence-electron chi connectivity index (χ4n) is 3.70. The Balaban J connectivity index is 1.79. The largest absolute Gasteiger partial charge is 0.495 e. The van der Waals surface area contributed by atoms with Crippen molar-refractivity contribution in [3.05, 3.63) is 64.5 Å². The van der Waals surface area contributed by atoms with Gasteiger partial charge in [0.25, 0.3) is 5.91 Å². The van der Waals surface area contributed by atoms with Crippen molar-refractivity contribution < 1.29 is 13.9 Å². The predicted molar refractivity (Wildman–Crippen MR) is 107 cm³/mol. The smallest absolute Gasteiger partial charge is 0.255 e. The maximum absolute atomic E-state index is 14.8. The summed E-state index contributed by atoms with van der Waals surface area (Å²) in [6, 6.07) is 12.6. The molecule has 0 N–H and O–H groups in total. The second-order valence-corrected chi connectivity index (χ2v) is 8.17. The molecule has 2 aromatic carbocycles. The number of nitrogens with zero attached hydrogens (tertiary/aromatic N) is 1. The number of ether oxygens (including phenoxy) is 1. The number of hydrogen-bond acceptors (Lipinski definition) is 3. The molecule has 2 aliphatic rings. The molecular formula is C21H19ClFNO2S. The molecule has 27 heavy (non-hydrogen) atoms. The quantitative estimate of drug-likeness (QED) is 0.643. The van der Waals surface area contributed by atoms with Gasteiger partial charge in [0.2, 0.25) is 0 Å². The number of halogens is 2. The van der Waals surface area contributed by atoms with Crippen LogP contribution in [0.25, 0.3) is 0 Å². The predicted octanol–water partition coefficient (Wildman–Crippen LogP) is 5.82. The van der Waals surface area contributed by atoms with Gasteiger partial charge in [-0.05, 0) is 49.5 Å². The molecule has 1 atom stereocenters. The fraction of sp³-hybridized carbons (Fsp3) is 0.286. The molecule has 0 spiro atoms. The van der Waals surface area contributed by atoms with Gasteiger partial charge in [-0.2, -0.15) is 0 Å². The van der Waals surface area contributed by atoms with E-state index < -0.39 is 5.82 Å². The lowest BCUT2D eigenvalue weighted by Crippen LogP contribution is -2.34. The number of benzene rings is 2. The van der Waals surface area contributed by atoms with Crippen LogP contribution in [0.2, 0.25) is 5.02 Å². The van der Waals surface area contributed by atoms with Crippen molar-refractivity contribution in [3.8, 4) is 5.75 Å². The molecule has 0 aromatic heterocycles. The molecule has 4 rings (SSSR count). The van der Waals surface area contributed by atoms with E-state index in [0.29, 0.717) is 5.75 Å². The van der Waals surface area contributed by atoms with Crippen molar-refractivity contribution in [1.82, 2.24) is 0 Å². The highest BCUT2D eigenvalue weighted by Gasteiger charge is 2.42. The van der Waals surface area contributed by atoms with E-state index in [4.69, 9.17) is 16.3 Å². The normalized spacial score (nSPS) is 19.4. The standard InChI is InChI=1S/C21H19ClFNO2S/c1-26-19-12-18(17(23)11-16(19)22)24-20(25)14-9-5-6-10-15(14)21(24)27-13-7-3-2-4-8-13/h2-4,7-8,11-12,21H,5-6,9-10H2,1H3. The van der Waals surface area contributed by atoms with Crippen LogP contribution in [0, 0.1) is 5.82 Å². The molecule has 0 radical (unpaired) electrons. The van der Waals surface area contributed by atoms with E-state index in [1.54, 1.807) is 16.7 Å². The number of carbonyl (C=O) groups excluding carboxylic acids is 1. The van der Waals surface area contributed by atoms with Crippen LogP contribution >= 0.6 is 23.4 Å². The van der Waals surface area contributed by atoms with Crippen molar-refractivity contribution in [2.24, 2.45) is 0 Å². The number of amides is 1. The Hall–Kier alpha value is -1.98. The van der Waals surface area contributed by atoms with Gasteiger partial charge in [-0.25, -0.2) is 4.39 Å². The molecule has 1 amide bonds. The summed E-state index contributed by atoms with van der Waals surface area (Å²) in [4.78, 5) is 15.8. The molecular weight excluding hydrogens is 385 g/mol. The lowest BCUT2D eigenvalue weighted by molar-refractivity contribution is -0.114. The van der Waals surface area contributed by atoms with Crippen LogP contribution in [0.5, 0.6) is 5.75 Å². The van der Waals surface area contributed by atoms with E-state index in [9.17, 15) is 9.18 Å². The van der Waals surface area contributed by atoms with Crippen molar-refractivity contribution in [2.45, 2.75) is 36.0 Å². The van der Waals surface area contributed by atoms with Gasteiger partial charge in [-0.3, -0.25) is 9.69 Å². The second-order valence-electron chi connectivity index (χ2n) is 6.61. The molecule has 140 valence electrons. The van der Waals surface area contributed by atoms with Gasteiger partial charge in [0.05, 0.1) is 17.8 Å². The Morgan fingerprint density at radius 2 is 1.93 bits per heavy atom. The van der Waals surface area contributed by atoms with Crippen LogP contribution in [0.15, 0.2) is 58.5 Å². The molecule has 1 unspecified atom stereocenters. The van der Waals surface area contributed by atoms with Crippen LogP contribution in [-0.4, -0.2) is 18.4 Å². The monoisotopic (exact) mass is 403 g/mol. The summed E-state index contributed by atoms with van der Waals surface area (Å²) < 4.78 is 20.1. The molecule has 0 saturated heterocycles. The molecule has 0 bridgehead atoms. The molecule has 3 nitrogen and oxygen atoms in total. The maximum Gasteiger partial charge on any atom is 0.255 e. The Labute approximate surface area is 167 Å². The molecule has 1 aliphatic heterocycles. The van der Waals surface area contributed by atoms with Gasteiger partial charge in [-0.15, -0.1) is 0 Å². The summed E-state index contributed by atoms with van der Waals surface area (Å²) in [6.07, 6.45) is 3.67. The van der Waals surface area contributed by atoms with Crippen LogP contribution in [0.1, 0.15) is 25.7 Å². The molecule has 6 heteroatoms. The first-order valence-corrected chi connectivity index (χ1v) is 10.2. The highest BCUT2D eigenvalue weighted by Crippen LogP contribution is 2.47. The van der Waals surface area contributed by atoms with Gasteiger partial charge >= 0.3 is 0 Å². The first-order valence-electron chi connectivity index (χ1n) is 8.90. The molecule has 1 aliphatic carbocycles. The summed E-state index contributed by atoms with van der Waals surface area (Å²) in [6.45, 7) is 0.